The third kappa shape index (κ3) is 6.22. The molecule has 0 aromatic carbocycles. The Morgan fingerprint density at radius 3 is 2.76 bits per heavy atom. The molecule has 1 N–H and O–H groups in total. The largest absolute Gasteiger partial charge is 0.401 e. The molecule has 0 aliphatic carbocycles. The maximum atomic E-state index is 12.5. The third-order valence-corrected chi connectivity index (χ3v) is 4.80. The Morgan fingerprint density at radius 1 is 1.48 bits per heavy atom. The van der Waals surface area contributed by atoms with E-state index in [1.807, 2.05) is 29.8 Å². The normalized spacial score (nSPS) is 19.5. The van der Waals surface area contributed by atoms with Crippen LogP contribution in [0, 0.1) is 5.92 Å². The number of alkyl halides is 3. The summed E-state index contributed by atoms with van der Waals surface area (Å²) in [6, 6.07) is 2.05. The van der Waals surface area contributed by atoms with Gasteiger partial charge in [-0.1, -0.05) is 0 Å². The summed E-state index contributed by atoms with van der Waals surface area (Å²) in [7, 11) is 5.64. The van der Waals surface area contributed by atoms with Crippen LogP contribution in [0.1, 0.15) is 12.1 Å². The van der Waals surface area contributed by atoms with Crippen molar-refractivity contribution >= 4 is 21.9 Å². The molecule has 1 atom stereocenters. The summed E-state index contributed by atoms with van der Waals surface area (Å²) in [5.74, 6) is 0.947. The molecular weight excluding hydrogens is 399 g/mol. The lowest BCUT2D eigenvalue weighted by molar-refractivity contribution is -0.143. The fourth-order valence-corrected chi connectivity index (χ4v) is 3.71. The molecule has 1 aromatic rings. The molecule has 1 saturated heterocycles. The Labute approximate surface area is 155 Å². The number of aliphatic imine (C=N–C) groups is 1. The first-order valence-corrected chi connectivity index (χ1v) is 8.99. The number of nitrogens with one attached hydrogen (secondary N) is 1. The van der Waals surface area contributed by atoms with Crippen LogP contribution in [0.2, 0.25) is 0 Å². The quantitative estimate of drug-likeness (QED) is 0.584. The first-order valence-electron chi connectivity index (χ1n) is 8.19. The van der Waals surface area contributed by atoms with Crippen LogP contribution >= 0.6 is 15.9 Å². The molecule has 1 aliphatic heterocycles. The first-order chi connectivity index (χ1) is 11.7. The molecule has 1 fully saturated rings. The van der Waals surface area contributed by atoms with E-state index < -0.39 is 12.7 Å². The van der Waals surface area contributed by atoms with Gasteiger partial charge in [-0.25, -0.2) is 0 Å². The van der Waals surface area contributed by atoms with Crippen LogP contribution in [0.5, 0.6) is 0 Å². The smallest absolute Gasteiger partial charge is 0.356 e. The molecular formula is C16H25BrF3N5. The molecule has 2 heterocycles. The first kappa shape index (κ1) is 20.1. The number of rotatable bonds is 5. The summed E-state index contributed by atoms with van der Waals surface area (Å²) >= 11 is 3.46. The maximum Gasteiger partial charge on any atom is 0.401 e. The van der Waals surface area contributed by atoms with Gasteiger partial charge in [-0.3, -0.25) is 9.89 Å². The molecule has 1 aromatic heterocycles. The fraction of sp³-hybridized carbons (Fsp3) is 0.688. The summed E-state index contributed by atoms with van der Waals surface area (Å²) in [6.45, 7) is 1.46. The number of hydrogen-bond donors (Lipinski definition) is 1. The number of halogens is 4. The molecule has 25 heavy (non-hydrogen) atoms. The van der Waals surface area contributed by atoms with Crippen molar-refractivity contribution in [1.82, 2.24) is 19.7 Å². The predicted octanol–water partition coefficient (Wildman–Crippen LogP) is 2.68. The highest BCUT2D eigenvalue weighted by molar-refractivity contribution is 9.10. The third-order valence-electron chi connectivity index (χ3n) is 4.37. The van der Waals surface area contributed by atoms with E-state index in [2.05, 4.69) is 32.3 Å². The topological polar surface area (TPSA) is 35.8 Å². The Morgan fingerprint density at radius 2 is 2.20 bits per heavy atom. The Balaban J connectivity index is 1.81. The van der Waals surface area contributed by atoms with Crippen LogP contribution in [0.3, 0.4) is 0 Å². The van der Waals surface area contributed by atoms with E-state index in [1.165, 1.54) is 4.90 Å². The van der Waals surface area contributed by atoms with Gasteiger partial charge in [-0.05, 0) is 40.9 Å². The predicted molar refractivity (Wildman–Crippen MR) is 96.5 cm³/mol. The monoisotopic (exact) mass is 423 g/mol. The zero-order valence-corrected chi connectivity index (χ0v) is 16.4. The lowest BCUT2D eigenvalue weighted by atomic mass is 10.1. The highest BCUT2D eigenvalue weighted by atomic mass is 79.9. The van der Waals surface area contributed by atoms with Crippen molar-refractivity contribution in [1.29, 1.82) is 0 Å². The average molecular weight is 424 g/mol. The van der Waals surface area contributed by atoms with Crippen molar-refractivity contribution in [2.24, 2.45) is 18.0 Å². The van der Waals surface area contributed by atoms with Gasteiger partial charge in [0.25, 0.3) is 0 Å². The SMILES string of the molecule is CN=C(NCC1CCN(CC(F)(F)F)C1)N(C)Cc1cc(Br)cn1C. The van der Waals surface area contributed by atoms with Gasteiger partial charge in [0.15, 0.2) is 5.96 Å². The van der Waals surface area contributed by atoms with E-state index in [0.29, 0.717) is 26.2 Å². The number of aromatic nitrogens is 1. The van der Waals surface area contributed by atoms with Crippen molar-refractivity contribution in [3.05, 3.63) is 22.4 Å². The Kier molecular flexibility index (Phi) is 6.79. The van der Waals surface area contributed by atoms with Crippen molar-refractivity contribution in [3.63, 3.8) is 0 Å². The van der Waals surface area contributed by atoms with Crippen LogP contribution in [0.25, 0.3) is 0 Å². The minimum Gasteiger partial charge on any atom is -0.356 e. The zero-order valence-electron chi connectivity index (χ0n) is 14.8. The molecule has 0 bridgehead atoms. The van der Waals surface area contributed by atoms with Gasteiger partial charge in [-0.2, -0.15) is 13.2 Å². The van der Waals surface area contributed by atoms with Crippen molar-refractivity contribution in [2.75, 3.05) is 40.3 Å². The molecule has 142 valence electrons. The standard InChI is InChI=1S/C16H25BrF3N5/c1-21-15(24(3)10-14-6-13(17)9-23(14)2)22-7-12-4-5-25(8-12)11-16(18,19)20/h6,9,12H,4-5,7-8,10-11H2,1-3H3,(H,21,22). The van der Waals surface area contributed by atoms with E-state index in [9.17, 15) is 13.2 Å². The second-order valence-corrected chi connectivity index (χ2v) is 7.47. The molecule has 2 rings (SSSR count). The van der Waals surface area contributed by atoms with E-state index in [0.717, 1.165) is 22.5 Å². The van der Waals surface area contributed by atoms with Crippen LogP contribution in [-0.4, -0.2) is 66.8 Å². The van der Waals surface area contributed by atoms with Crippen molar-refractivity contribution in [3.8, 4) is 0 Å². The molecule has 1 aliphatic rings. The Bertz CT molecular complexity index is 599. The summed E-state index contributed by atoms with van der Waals surface area (Å²) in [6.07, 6.45) is -1.36. The highest BCUT2D eigenvalue weighted by Crippen LogP contribution is 2.22. The van der Waals surface area contributed by atoms with E-state index >= 15 is 0 Å². The van der Waals surface area contributed by atoms with Crippen LogP contribution in [0.15, 0.2) is 21.7 Å². The number of aryl methyl sites for hydroxylation is 1. The van der Waals surface area contributed by atoms with Crippen molar-refractivity contribution in [2.45, 2.75) is 19.1 Å². The highest BCUT2D eigenvalue weighted by Gasteiger charge is 2.34. The number of guanidine groups is 1. The van der Waals surface area contributed by atoms with Gasteiger partial charge in [0.2, 0.25) is 0 Å². The summed E-state index contributed by atoms with van der Waals surface area (Å²) < 4.78 is 40.5. The van der Waals surface area contributed by atoms with Gasteiger partial charge in [-0.15, -0.1) is 0 Å². The molecule has 0 spiro atoms. The minimum absolute atomic E-state index is 0.205. The summed E-state index contributed by atoms with van der Waals surface area (Å²) in [5, 5.41) is 3.29. The zero-order chi connectivity index (χ0) is 18.6. The van der Waals surface area contributed by atoms with Gasteiger partial charge >= 0.3 is 6.18 Å². The minimum atomic E-state index is -4.12. The Hall–Kier alpha value is -1.22. The van der Waals surface area contributed by atoms with E-state index in [-0.39, 0.29) is 5.92 Å². The maximum absolute atomic E-state index is 12.5. The molecule has 0 radical (unpaired) electrons. The molecule has 1 unspecified atom stereocenters. The summed E-state index contributed by atoms with van der Waals surface area (Å²) in [4.78, 5) is 7.75. The number of likely N-dealkylation sites (tertiary alicyclic amines) is 1. The van der Waals surface area contributed by atoms with Crippen LogP contribution in [0.4, 0.5) is 13.2 Å². The number of nitrogens with zero attached hydrogens (tertiary/aromatic N) is 4. The average Bonchev–Trinajstić information content (AvgIpc) is 3.04. The van der Waals surface area contributed by atoms with Crippen LogP contribution < -0.4 is 5.32 Å². The lowest BCUT2D eigenvalue weighted by Crippen LogP contribution is -2.41. The van der Waals surface area contributed by atoms with Gasteiger partial charge in [0.05, 0.1) is 13.1 Å². The summed E-state index contributed by atoms with van der Waals surface area (Å²) in [5.41, 5.74) is 1.13. The van der Waals surface area contributed by atoms with Crippen LogP contribution in [-0.2, 0) is 13.6 Å². The van der Waals surface area contributed by atoms with Gasteiger partial charge in [0.1, 0.15) is 0 Å². The molecule has 5 nitrogen and oxygen atoms in total. The van der Waals surface area contributed by atoms with E-state index in [4.69, 9.17) is 0 Å². The van der Waals surface area contributed by atoms with Crippen molar-refractivity contribution < 1.29 is 13.2 Å². The molecule has 0 amide bonds. The fourth-order valence-electron chi connectivity index (χ4n) is 3.14. The lowest BCUT2D eigenvalue weighted by Gasteiger charge is -2.24. The van der Waals surface area contributed by atoms with Gasteiger partial charge in [0, 0.05) is 50.6 Å². The molecule has 0 saturated carbocycles. The molecule has 9 heteroatoms. The van der Waals surface area contributed by atoms with Gasteiger partial charge < -0.3 is 14.8 Å². The number of hydrogen-bond acceptors (Lipinski definition) is 2. The second-order valence-electron chi connectivity index (χ2n) is 6.55. The second kappa shape index (κ2) is 8.44. The van der Waals surface area contributed by atoms with E-state index in [1.54, 1.807) is 7.05 Å².